The maximum Gasteiger partial charge on any atom is 0.410 e. The summed E-state index contributed by atoms with van der Waals surface area (Å²) in [7, 11) is 2.97. The SMILES string of the molecule is COc1ccc([C@H]2C[C@H](C(F)(F)F)n3ncc(C(=O)N4CCC(C)CC4)c3N2)cc1OC. The first-order valence-corrected chi connectivity index (χ1v) is 10.6. The van der Waals surface area contributed by atoms with Gasteiger partial charge in [-0.2, -0.15) is 18.3 Å². The van der Waals surface area contributed by atoms with E-state index in [-0.39, 0.29) is 23.7 Å². The highest BCUT2D eigenvalue weighted by Gasteiger charge is 2.47. The number of fused-ring (bicyclic) bond motifs is 1. The molecule has 1 aromatic heterocycles. The van der Waals surface area contributed by atoms with Crippen LogP contribution in [-0.2, 0) is 0 Å². The molecule has 1 saturated heterocycles. The Morgan fingerprint density at radius 1 is 1.16 bits per heavy atom. The van der Waals surface area contributed by atoms with E-state index in [2.05, 4.69) is 17.3 Å². The van der Waals surface area contributed by atoms with Crippen LogP contribution in [0.25, 0.3) is 0 Å². The third kappa shape index (κ3) is 4.10. The van der Waals surface area contributed by atoms with Gasteiger partial charge in [0, 0.05) is 19.5 Å². The summed E-state index contributed by atoms with van der Waals surface area (Å²) in [6.07, 6.45) is -1.77. The normalized spacial score (nSPS) is 21.6. The van der Waals surface area contributed by atoms with Crippen molar-refractivity contribution in [3.05, 3.63) is 35.5 Å². The van der Waals surface area contributed by atoms with Crippen LogP contribution in [-0.4, -0.2) is 54.1 Å². The van der Waals surface area contributed by atoms with Gasteiger partial charge >= 0.3 is 6.18 Å². The number of anilines is 1. The van der Waals surface area contributed by atoms with Crippen LogP contribution < -0.4 is 14.8 Å². The summed E-state index contributed by atoms with van der Waals surface area (Å²) >= 11 is 0. The molecule has 174 valence electrons. The molecule has 3 heterocycles. The van der Waals surface area contributed by atoms with Crippen molar-refractivity contribution in [3.8, 4) is 11.5 Å². The molecule has 32 heavy (non-hydrogen) atoms. The molecule has 0 aliphatic carbocycles. The molecule has 7 nitrogen and oxygen atoms in total. The Morgan fingerprint density at radius 2 is 1.84 bits per heavy atom. The van der Waals surface area contributed by atoms with Crippen molar-refractivity contribution in [1.82, 2.24) is 14.7 Å². The minimum atomic E-state index is -4.52. The summed E-state index contributed by atoms with van der Waals surface area (Å²) in [5.74, 6) is 1.25. The molecular weight excluding hydrogens is 425 g/mol. The van der Waals surface area contributed by atoms with Crippen LogP contribution in [0.15, 0.2) is 24.4 Å². The molecular formula is C22H27F3N4O3. The zero-order valence-corrected chi connectivity index (χ0v) is 18.3. The van der Waals surface area contributed by atoms with Gasteiger partial charge in [0.25, 0.3) is 5.91 Å². The number of ether oxygens (including phenoxy) is 2. The van der Waals surface area contributed by atoms with Crippen LogP contribution in [0, 0.1) is 5.92 Å². The van der Waals surface area contributed by atoms with E-state index in [0.717, 1.165) is 17.5 Å². The molecule has 0 saturated carbocycles. The van der Waals surface area contributed by atoms with Gasteiger partial charge in [-0.3, -0.25) is 4.79 Å². The Kier molecular flexibility index (Phi) is 5.96. The summed E-state index contributed by atoms with van der Waals surface area (Å²) in [4.78, 5) is 14.8. The minimum absolute atomic E-state index is 0.0991. The third-order valence-corrected chi connectivity index (χ3v) is 6.35. The molecule has 1 N–H and O–H groups in total. The smallest absolute Gasteiger partial charge is 0.410 e. The Bertz CT molecular complexity index is 983. The van der Waals surface area contributed by atoms with Gasteiger partial charge in [-0.15, -0.1) is 0 Å². The molecule has 1 amide bonds. The van der Waals surface area contributed by atoms with Crippen molar-refractivity contribution < 1.29 is 27.4 Å². The van der Waals surface area contributed by atoms with Crippen LogP contribution in [0.3, 0.4) is 0 Å². The molecule has 0 radical (unpaired) electrons. The summed E-state index contributed by atoms with van der Waals surface area (Å²) in [5.41, 5.74) is 0.772. The Labute approximate surface area is 184 Å². The van der Waals surface area contributed by atoms with Gasteiger partial charge in [0.2, 0.25) is 0 Å². The van der Waals surface area contributed by atoms with E-state index in [1.807, 2.05) is 0 Å². The number of methoxy groups -OCH3 is 2. The topological polar surface area (TPSA) is 68.6 Å². The molecule has 0 unspecified atom stereocenters. The van der Waals surface area contributed by atoms with Crippen molar-refractivity contribution in [3.63, 3.8) is 0 Å². The average Bonchev–Trinajstić information content (AvgIpc) is 3.21. The molecule has 2 atom stereocenters. The molecule has 2 aliphatic rings. The quantitative estimate of drug-likeness (QED) is 0.743. The number of hydrogen-bond donors (Lipinski definition) is 1. The number of carbonyl (C=O) groups is 1. The van der Waals surface area contributed by atoms with Crippen LogP contribution >= 0.6 is 0 Å². The van der Waals surface area contributed by atoms with Gasteiger partial charge in [-0.1, -0.05) is 13.0 Å². The van der Waals surface area contributed by atoms with E-state index < -0.39 is 18.3 Å². The number of benzene rings is 1. The van der Waals surface area contributed by atoms with E-state index in [1.165, 1.54) is 20.4 Å². The van der Waals surface area contributed by atoms with Gasteiger partial charge in [0.15, 0.2) is 17.5 Å². The number of carbonyl (C=O) groups excluding carboxylic acids is 1. The predicted molar refractivity (Wildman–Crippen MR) is 112 cm³/mol. The average molecular weight is 452 g/mol. The van der Waals surface area contributed by atoms with E-state index >= 15 is 0 Å². The summed E-state index contributed by atoms with van der Waals surface area (Å²) < 4.78 is 53.3. The number of nitrogens with one attached hydrogen (secondary N) is 1. The van der Waals surface area contributed by atoms with Crippen molar-refractivity contribution in [2.75, 3.05) is 32.6 Å². The van der Waals surface area contributed by atoms with Crippen molar-refractivity contribution in [1.29, 1.82) is 0 Å². The molecule has 1 fully saturated rings. The van der Waals surface area contributed by atoms with Crippen LogP contribution in [0.5, 0.6) is 11.5 Å². The molecule has 0 bridgehead atoms. The number of aromatic nitrogens is 2. The number of hydrogen-bond acceptors (Lipinski definition) is 5. The fraction of sp³-hybridized carbons (Fsp3) is 0.545. The first-order chi connectivity index (χ1) is 15.2. The Hall–Kier alpha value is -2.91. The summed E-state index contributed by atoms with van der Waals surface area (Å²) in [6.45, 7) is 3.31. The molecule has 2 aliphatic heterocycles. The minimum Gasteiger partial charge on any atom is -0.493 e. The lowest BCUT2D eigenvalue weighted by Crippen LogP contribution is -2.39. The van der Waals surface area contributed by atoms with Crippen LogP contribution in [0.1, 0.15) is 54.2 Å². The third-order valence-electron chi connectivity index (χ3n) is 6.35. The zero-order chi connectivity index (χ0) is 23.0. The summed E-state index contributed by atoms with van der Waals surface area (Å²) in [5, 5.41) is 7.10. The van der Waals surface area contributed by atoms with Gasteiger partial charge in [0.05, 0.1) is 26.5 Å². The fourth-order valence-electron chi connectivity index (χ4n) is 4.39. The second-order valence-electron chi connectivity index (χ2n) is 8.43. The largest absolute Gasteiger partial charge is 0.493 e. The van der Waals surface area contributed by atoms with E-state index in [4.69, 9.17) is 9.47 Å². The van der Waals surface area contributed by atoms with Gasteiger partial charge in [-0.25, -0.2) is 4.68 Å². The first kappa shape index (κ1) is 22.3. The lowest BCUT2D eigenvalue weighted by Gasteiger charge is -2.35. The Balaban J connectivity index is 1.69. The van der Waals surface area contributed by atoms with E-state index in [1.54, 1.807) is 23.1 Å². The van der Waals surface area contributed by atoms with Crippen molar-refractivity contribution >= 4 is 11.7 Å². The van der Waals surface area contributed by atoms with Crippen LogP contribution in [0.4, 0.5) is 19.0 Å². The molecule has 10 heteroatoms. The fourth-order valence-corrected chi connectivity index (χ4v) is 4.39. The predicted octanol–water partition coefficient (Wildman–Crippen LogP) is 4.43. The maximum absolute atomic E-state index is 14.0. The number of halogens is 3. The molecule has 1 aromatic carbocycles. The van der Waals surface area contributed by atoms with Crippen molar-refractivity contribution in [2.24, 2.45) is 5.92 Å². The summed E-state index contributed by atoms with van der Waals surface area (Å²) in [6, 6.07) is 2.49. The lowest BCUT2D eigenvalue weighted by atomic mass is 9.96. The standard InChI is InChI=1S/C22H27F3N4O3/c1-13-6-8-28(9-7-13)21(30)15-12-26-29-19(22(23,24)25)11-16(27-20(15)29)14-4-5-17(31-2)18(10-14)32-3/h4-5,10,12-13,16,19,27H,6-9,11H2,1-3H3/t16-,19-/m1/s1. The maximum atomic E-state index is 14.0. The molecule has 2 aromatic rings. The second-order valence-corrected chi connectivity index (χ2v) is 8.43. The van der Waals surface area contributed by atoms with Gasteiger partial charge in [0.1, 0.15) is 11.4 Å². The highest BCUT2D eigenvalue weighted by molar-refractivity contribution is 5.99. The molecule has 0 spiro atoms. The second kappa shape index (κ2) is 8.55. The van der Waals surface area contributed by atoms with Crippen LogP contribution in [0.2, 0.25) is 0 Å². The van der Waals surface area contributed by atoms with E-state index in [9.17, 15) is 18.0 Å². The number of nitrogens with zero attached hydrogens (tertiary/aromatic N) is 3. The number of amides is 1. The van der Waals surface area contributed by atoms with Gasteiger partial charge in [-0.05, 0) is 36.5 Å². The highest BCUT2D eigenvalue weighted by atomic mass is 19.4. The Morgan fingerprint density at radius 3 is 2.47 bits per heavy atom. The van der Waals surface area contributed by atoms with Crippen molar-refractivity contribution in [2.45, 2.75) is 44.4 Å². The number of likely N-dealkylation sites (tertiary alicyclic amines) is 1. The van der Waals surface area contributed by atoms with E-state index in [0.29, 0.717) is 36.1 Å². The number of piperidine rings is 1. The first-order valence-electron chi connectivity index (χ1n) is 10.6. The number of alkyl halides is 3. The molecule has 4 rings (SSSR count). The highest BCUT2D eigenvalue weighted by Crippen LogP contribution is 2.45. The van der Waals surface area contributed by atoms with Gasteiger partial charge < -0.3 is 19.7 Å². The zero-order valence-electron chi connectivity index (χ0n) is 18.3. The lowest BCUT2D eigenvalue weighted by molar-refractivity contribution is -0.173. The monoisotopic (exact) mass is 452 g/mol. The number of rotatable bonds is 4.